The van der Waals surface area contributed by atoms with Crippen LogP contribution in [0.5, 0.6) is 0 Å². The molecule has 1 N–H and O–H groups in total. The van der Waals surface area contributed by atoms with Crippen LogP contribution in [0.25, 0.3) is 0 Å². The van der Waals surface area contributed by atoms with Crippen molar-refractivity contribution < 1.29 is 0 Å². The predicted octanol–water partition coefficient (Wildman–Crippen LogP) is 2.13. The molecule has 5 nitrogen and oxygen atoms in total. The number of aromatic nitrogens is 2. The van der Waals surface area contributed by atoms with Gasteiger partial charge in [0.15, 0.2) is 0 Å². The number of hydrazine groups is 1. The van der Waals surface area contributed by atoms with Gasteiger partial charge in [0, 0.05) is 31.5 Å². The van der Waals surface area contributed by atoms with Gasteiger partial charge in [0.05, 0.1) is 5.69 Å². The second kappa shape index (κ2) is 6.20. The quantitative estimate of drug-likeness (QED) is 0.931. The lowest BCUT2D eigenvalue weighted by Crippen LogP contribution is -2.41. The molecule has 1 aromatic heterocycles. The van der Waals surface area contributed by atoms with Crippen LogP contribution < -0.4 is 10.3 Å². The molecule has 1 atom stereocenters. The molecule has 2 aromatic rings. The molecular formula is C16H21N5. The fourth-order valence-electron chi connectivity index (χ4n) is 2.75. The maximum Gasteiger partial charge on any atom is 0.244 e. The SMILES string of the molecule is CNC1CCN(N(c2ncccn2)c2ccccc2C)C1. The second-order valence-electron chi connectivity index (χ2n) is 5.33. The predicted molar refractivity (Wildman–Crippen MR) is 84.4 cm³/mol. The van der Waals surface area contributed by atoms with E-state index in [1.807, 2.05) is 13.1 Å². The number of rotatable bonds is 4. The number of nitrogens with zero attached hydrogens (tertiary/aromatic N) is 4. The van der Waals surface area contributed by atoms with E-state index in [0.29, 0.717) is 6.04 Å². The molecule has 0 aliphatic carbocycles. The van der Waals surface area contributed by atoms with E-state index in [9.17, 15) is 0 Å². The van der Waals surface area contributed by atoms with Crippen molar-refractivity contribution in [2.45, 2.75) is 19.4 Å². The Bertz CT molecular complexity index is 586. The van der Waals surface area contributed by atoms with Crippen LogP contribution in [0.2, 0.25) is 0 Å². The Morgan fingerprint density at radius 3 is 2.62 bits per heavy atom. The standard InChI is InChI=1S/C16H21N5/c1-13-6-3-4-7-15(13)21(16-18-9-5-10-19-16)20-11-8-14(12-20)17-2/h3-7,9-10,14,17H,8,11-12H2,1-2H3. The van der Waals surface area contributed by atoms with Gasteiger partial charge in [-0.15, -0.1) is 0 Å². The molecule has 2 heterocycles. The molecular weight excluding hydrogens is 262 g/mol. The number of nitrogens with one attached hydrogen (secondary N) is 1. The fraction of sp³-hybridized carbons (Fsp3) is 0.375. The number of anilines is 2. The zero-order chi connectivity index (χ0) is 14.7. The summed E-state index contributed by atoms with van der Waals surface area (Å²) < 4.78 is 0. The minimum absolute atomic E-state index is 0.514. The Kier molecular flexibility index (Phi) is 4.13. The first-order valence-electron chi connectivity index (χ1n) is 7.34. The molecule has 5 heteroatoms. The highest BCUT2D eigenvalue weighted by Gasteiger charge is 2.29. The van der Waals surface area contributed by atoms with Crippen LogP contribution in [0.15, 0.2) is 42.7 Å². The lowest BCUT2D eigenvalue weighted by molar-refractivity contribution is 0.330. The molecule has 1 saturated heterocycles. The van der Waals surface area contributed by atoms with Crippen LogP contribution >= 0.6 is 0 Å². The minimum Gasteiger partial charge on any atom is -0.316 e. The zero-order valence-corrected chi connectivity index (χ0v) is 12.5. The third kappa shape index (κ3) is 2.89. The highest BCUT2D eigenvalue weighted by Crippen LogP contribution is 2.29. The van der Waals surface area contributed by atoms with Crippen molar-refractivity contribution >= 4 is 11.6 Å². The first-order chi connectivity index (χ1) is 10.3. The highest BCUT2D eigenvalue weighted by atomic mass is 15.7. The minimum atomic E-state index is 0.514. The van der Waals surface area contributed by atoms with Crippen LogP contribution in [-0.2, 0) is 0 Å². The number of likely N-dealkylation sites (N-methyl/N-ethyl adjacent to an activating group) is 1. The summed E-state index contributed by atoms with van der Waals surface area (Å²) in [4.78, 5) is 8.89. The first-order valence-corrected chi connectivity index (χ1v) is 7.34. The lowest BCUT2D eigenvalue weighted by Gasteiger charge is -2.32. The van der Waals surface area contributed by atoms with Gasteiger partial charge in [-0.2, -0.15) is 0 Å². The summed E-state index contributed by atoms with van der Waals surface area (Å²) in [7, 11) is 2.02. The molecule has 0 spiro atoms. The summed E-state index contributed by atoms with van der Waals surface area (Å²) >= 11 is 0. The Morgan fingerprint density at radius 1 is 1.19 bits per heavy atom. The van der Waals surface area contributed by atoms with Crippen molar-refractivity contribution in [3.8, 4) is 0 Å². The summed E-state index contributed by atoms with van der Waals surface area (Å²) in [6.45, 7) is 4.08. The van der Waals surface area contributed by atoms with Crippen LogP contribution in [0.4, 0.5) is 11.6 Å². The smallest absolute Gasteiger partial charge is 0.244 e. The maximum atomic E-state index is 4.44. The topological polar surface area (TPSA) is 44.3 Å². The molecule has 1 aromatic carbocycles. The Balaban J connectivity index is 1.98. The van der Waals surface area contributed by atoms with E-state index >= 15 is 0 Å². The van der Waals surface area contributed by atoms with E-state index in [-0.39, 0.29) is 0 Å². The van der Waals surface area contributed by atoms with E-state index in [4.69, 9.17) is 0 Å². The van der Waals surface area contributed by atoms with Crippen LogP contribution in [0.3, 0.4) is 0 Å². The summed E-state index contributed by atoms with van der Waals surface area (Å²) in [5.74, 6) is 0.726. The van der Waals surface area contributed by atoms with Gasteiger partial charge in [0.1, 0.15) is 0 Å². The summed E-state index contributed by atoms with van der Waals surface area (Å²) in [5, 5.41) is 7.82. The van der Waals surface area contributed by atoms with E-state index in [2.05, 4.69) is 56.5 Å². The number of benzene rings is 1. The summed E-state index contributed by atoms with van der Waals surface area (Å²) in [6.07, 6.45) is 4.71. The maximum absolute atomic E-state index is 4.44. The molecule has 0 saturated carbocycles. The average molecular weight is 283 g/mol. The van der Waals surface area contributed by atoms with Gasteiger partial charge in [-0.3, -0.25) is 0 Å². The third-order valence-corrected chi connectivity index (χ3v) is 3.94. The Labute approximate surface area is 125 Å². The van der Waals surface area contributed by atoms with Crippen molar-refractivity contribution in [1.82, 2.24) is 20.3 Å². The monoisotopic (exact) mass is 283 g/mol. The summed E-state index contributed by atoms with van der Waals surface area (Å²) in [6, 6.07) is 10.7. The van der Waals surface area contributed by atoms with Gasteiger partial charge >= 0.3 is 0 Å². The van der Waals surface area contributed by atoms with Gasteiger partial charge in [-0.05, 0) is 38.1 Å². The number of aryl methyl sites for hydroxylation is 1. The number of para-hydroxylation sites is 1. The van der Waals surface area contributed by atoms with Gasteiger partial charge in [-0.1, -0.05) is 18.2 Å². The summed E-state index contributed by atoms with van der Waals surface area (Å²) in [5.41, 5.74) is 2.36. The molecule has 3 rings (SSSR count). The van der Waals surface area contributed by atoms with E-state index < -0.39 is 0 Å². The van der Waals surface area contributed by atoms with Crippen molar-refractivity contribution in [2.75, 3.05) is 25.1 Å². The molecule has 21 heavy (non-hydrogen) atoms. The van der Waals surface area contributed by atoms with Crippen LogP contribution in [0, 0.1) is 6.92 Å². The van der Waals surface area contributed by atoms with Crippen LogP contribution in [0.1, 0.15) is 12.0 Å². The molecule has 1 aliphatic rings. The fourth-order valence-corrected chi connectivity index (χ4v) is 2.75. The molecule has 1 unspecified atom stereocenters. The van der Waals surface area contributed by atoms with E-state index in [1.54, 1.807) is 12.4 Å². The largest absolute Gasteiger partial charge is 0.316 e. The van der Waals surface area contributed by atoms with Gasteiger partial charge in [-0.25, -0.2) is 20.0 Å². The molecule has 0 bridgehead atoms. The molecule has 1 aliphatic heterocycles. The molecule has 0 amide bonds. The molecule has 0 radical (unpaired) electrons. The van der Waals surface area contributed by atoms with Gasteiger partial charge in [0.25, 0.3) is 0 Å². The van der Waals surface area contributed by atoms with Gasteiger partial charge < -0.3 is 5.32 Å². The molecule has 1 fully saturated rings. The van der Waals surface area contributed by atoms with E-state index in [1.165, 1.54) is 5.56 Å². The highest BCUT2D eigenvalue weighted by molar-refractivity contribution is 5.60. The van der Waals surface area contributed by atoms with Crippen molar-refractivity contribution in [1.29, 1.82) is 0 Å². The van der Waals surface area contributed by atoms with Crippen molar-refractivity contribution in [3.63, 3.8) is 0 Å². The Hall–Kier alpha value is -1.98. The first kappa shape index (κ1) is 14.0. The zero-order valence-electron chi connectivity index (χ0n) is 12.5. The van der Waals surface area contributed by atoms with Crippen LogP contribution in [-0.4, -0.2) is 41.2 Å². The normalized spacial score (nSPS) is 18.9. The molecule has 110 valence electrons. The van der Waals surface area contributed by atoms with Crippen molar-refractivity contribution in [3.05, 3.63) is 48.3 Å². The second-order valence-corrected chi connectivity index (χ2v) is 5.33. The average Bonchev–Trinajstić information content (AvgIpc) is 2.99. The van der Waals surface area contributed by atoms with Crippen molar-refractivity contribution in [2.24, 2.45) is 0 Å². The van der Waals surface area contributed by atoms with Gasteiger partial charge in [0.2, 0.25) is 5.95 Å². The third-order valence-electron chi connectivity index (χ3n) is 3.94. The van der Waals surface area contributed by atoms with E-state index in [0.717, 1.165) is 31.1 Å². The lowest BCUT2D eigenvalue weighted by atomic mass is 10.2. The number of hydrogen-bond donors (Lipinski definition) is 1. The number of hydrogen-bond acceptors (Lipinski definition) is 5. The Morgan fingerprint density at radius 2 is 1.95 bits per heavy atom.